The van der Waals surface area contributed by atoms with Gasteiger partial charge >= 0.3 is 0 Å². The van der Waals surface area contributed by atoms with E-state index < -0.39 is 23.9 Å². The first-order chi connectivity index (χ1) is 6.44. The molecule has 0 aromatic carbocycles. The first-order valence-corrected chi connectivity index (χ1v) is 4.15. The van der Waals surface area contributed by atoms with Crippen LogP contribution in [0.15, 0.2) is 38.0 Å². The van der Waals surface area contributed by atoms with Crippen LogP contribution in [0.3, 0.4) is 0 Å². The molecule has 0 saturated heterocycles. The second-order valence-electron chi connectivity index (χ2n) is 3.04. The van der Waals surface area contributed by atoms with Gasteiger partial charge in [0.1, 0.15) is 5.54 Å². The zero-order valence-corrected chi connectivity index (χ0v) is 8.00. The Kier molecular flexibility index (Phi) is 4.73. The molecule has 0 heterocycles. The van der Waals surface area contributed by atoms with E-state index in [-0.39, 0.29) is 0 Å². The number of aliphatic hydroxyl groups is 3. The lowest BCUT2D eigenvalue weighted by atomic mass is 9.81. The van der Waals surface area contributed by atoms with Gasteiger partial charge in [-0.15, -0.1) is 19.7 Å². The summed E-state index contributed by atoms with van der Waals surface area (Å²) < 4.78 is 0. The fourth-order valence-electron chi connectivity index (χ4n) is 1.14. The van der Waals surface area contributed by atoms with Gasteiger partial charge in [-0.3, -0.25) is 0 Å². The van der Waals surface area contributed by atoms with Gasteiger partial charge in [-0.1, -0.05) is 18.2 Å². The van der Waals surface area contributed by atoms with E-state index in [0.29, 0.717) is 0 Å². The molecule has 0 amide bonds. The predicted octanol–water partition coefficient (Wildman–Crippen LogP) is -0.675. The zero-order valence-electron chi connectivity index (χ0n) is 8.00. The molecule has 3 unspecified atom stereocenters. The molecule has 0 fully saturated rings. The van der Waals surface area contributed by atoms with Crippen LogP contribution in [0.1, 0.15) is 0 Å². The Morgan fingerprint density at radius 2 is 1.07 bits per heavy atom. The summed E-state index contributed by atoms with van der Waals surface area (Å²) in [6.45, 7) is 10.0. The molecule has 14 heavy (non-hydrogen) atoms. The van der Waals surface area contributed by atoms with Gasteiger partial charge in [0.15, 0.2) is 0 Å². The van der Waals surface area contributed by atoms with Crippen molar-refractivity contribution < 1.29 is 15.3 Å². The van der Waals surface area contributed by atoms with Crippen LogP contribution in [-0.2, 0) is 0 Å². The maximum absolute atomic E-state index is 9.52. The molecule has 4 nitrogen and oxygen atoms in total. The standard InChI is InChI=1S/C10H17NO3/c1-4-7(12)10(11,8(13)5-2)9(14)6-3/h4-9,12-14H,1-3,11H2. The normalized spacial score (nSPS) is 21.4. The summed E-state index contributed by atoms with van der Waals surface area (Å²) in [4.78, 5) is 0. The van der Waals surface area contributed by atoms with E-state index in [0.717, 1.165) is 18.2 Å². The summed E-state index contributed by atoms with van der Waals surface area (Å²) in [5.74, 6) is 0. The highest BCUT2D eigenvalue weighted by Crippen LogP contribution is 2.20. The molecule has 5 N–H and O–H groups in total. The van der Waals surface area contributed by atoms with Crippen molar-refractivity contribution in [2.75, 3.05) is 0 Å². The Balaban J connectivity index is 5.11. The van der Waals surface area contributed by atoms with Gasteiger partial charge in [-0.25, -0.2) is 0 Å². The highest BCUT2D eigenvalue weighted by Gasteiger charge is 2.43. The lowest BCUT2D eigenvalue weighted by molar-refractivity contribution is -0.0270. The highest BCUT2D eigenvalue weighted by atomic mass is 16.3. The van der Waals surface area contributed by atoms with Gasteiger partial charge in [0.05, 0.1) is 18.3 Å². The fourth-order valence-corrected chi connectivity index (χ4v) is 1.14. The lowest BCUT2D eigenvalue weighted by Crippen LogP contribution is -2.65. The highest BCUT2D eigenvalue weighted by molar-refractivity contribution is 5.16. The minimum atomic E-state index is -1.66. The van der Waals surface area contributed by atoms with Crippen molar-refractivity contribution in [2.45, 2.75) is 23.9 Å². The van der Waals surface area contributed by atoms with Crippen molar-refractivity contribution in [3.63, 3.8) is 0 Å². The van der Waals surface area contributed by atoms with Crippen molar-refractivity contribution in [2.24, 2.45) is 5.73 Å². The summed E-state index contributed by atoms with van der Waals surface area (Å²) in [5, 5.41) is 28.6. The molecular formula is C10H17NO3. The monoisotopic (exact) mass is 199 g/mol. The molecule has 3 atom stereocenters. The molecule has 0 rings (SSSR count). The first-order valence-electron chi connectivity index (χ1n) is 4.15. The Labute approximate surface area is 83.7 Å². The predicted molar refractivity (Wildman–Crippen MR) is 55.5 cm³/mol. The van der Waals surface area contributed by atoms with Crippen molar-refractivity contribution >= 4 is 0 Å². The summed E-state index contributed by atoms with van der Waals surface area (Å²) in [7, 11) is 0. The van der Waals surface area contributed by atoms with E-state index in [1.54, 1.807) is 0 Å². The van der Waals surface area contributed by atoms with Gasteiger partial charge in [0, 0.05) is 0 Å². The Morgan fingerprint density at radius 1 is 0.857 bits per heavy atom. The third-order valence-electron chi connectivity index (χ3n) is 2.21. The van der Waals surface area contributed by atoms with Gasteiger partial charge in [0.25, 0.3) is 0 Å². The molecule has 0 aliphatic rings. The first kappa shape index (κ1) is 13.1. The van der Waals surface area contributed by atoms with Crippen molar-refractivity contribution in [1.29, 1.82) is 0 Å². The van der Waals surface area contributed by atoms with Crippen molar-refractivity contribution in [3.8, 4) is 0 Å². The number of hydrogen-bond acceptors (Lipinski definition) is 4. The van der Waals surface area contributed by atoms with Gasteiger partial charge < -0.3 is 21.1 Å². The van der Waals surface area contributed by atoms with Crippen LogP contribution in [0, 0.1) is 0 Å². The third-order valence-corrected chi connectivity index (χ3v) is 2.21. The van der Waals surface area contributed by atoms with E-state index in [4.69, 9.17) is 5.73 Å². The van der Waals surface area contributed by atoms with Crippen LogP contribution in [0.5, 0.6) is 0 Å². The molecule has 0 aromatic rings. The van der Waals surface area contributed by atoms with Crippen molar-refractivity contribution in [1.82, 2.24) is 0 Å². The van der Waals surface area contributed by atoms with Crippen LogP contribution >= 0.6 is 0 Å². The number of rotatable bonds is 6. The van der Waals surface area contributed by atoms with Gasteiger partial charge in [-0.2, -0.15) is 0 Å². The van der Waals surface area contributed by atoms with Crippen LogP contribution in [-0.4, -0.2) is 39.2 Å². The second kappa shape index (κ2) is 5.07. The third kappa shape index (κ3) is 2.10. The molecule has 0 aromatic heterocycles. The minimum absolute atomic E-state index is 1.14. The Morgan fingerprint density at radius 3 is 1.21 bits per heavy atom. The average molecular weight is 199 g/mol. The summed E-state index contributed by atoms with van der Waals surface area (Å²) >= 11 is 0. The largest absolute Gasteiger partial charge is 0.387 e. The van der Waals surface area contributed by atoms with Gasteiger partial charge in [-0.05, 0) is 0 Å². The van der Waals surface area contributed by atoms with Crippen LogP contribution in [0.4, 0.5) is 0 Å². The average Bonchev–Trinajstić information content (AvgIpc) is 2.24. The summed E-state index contributed by atoms with van der Waals surface area (Å²) in [5.41, 5.74) is 4.03. The van der Waals surface area contributed by atoms with E-state index in [1.807, 2.05) is 0 Å². The Hall–Kier alpha value is -0.940. The number of hydrogen-bond donors (Lipinski definition) is 4. The molecule has 0 aliphatic carbocycles. The molecule has 0 saturated carbocycles. The van der Waals surface area contributed by atoms with Crippen LogP contribution < -0.4 is 5.73 Å². The van der Waals surface area contributed by atoms with Crippen LogP contribution in [0.2, 0.25) is 0 Å². The molecular weight excluding hydrogens is 182 g/mol. The second-order valence-corrected chi connectivity index (χ2v) is 3.04. The smallest absolute Gasteiger partial charge is 0.105 e. The topological polar surface area (TPSA) is 86.7 Å². The molecule has 0 spiro atoms. The Bertz CT molecular complexity index is 191. The fraction of sp³-hybridized carbons (Fsp3) is 0.400. The van der Waals surface area contributed by atoms with E-state index in [2.05, 4.69) is 19.7 Å². The van der Waals surface area contributed by atoms with E-state index in [1.165, 1.54) is 0 Å². The van der Waals surface area contributed by atoms with Crippen molar-refractivity contribution in [3.05, 3.63) is 38.0 Å². The molecule has 0 radical (unpaired) electrons. The lowest BCUT2D eigenvalue weighted by Gasteiger charge is -2.38. The SMILES string of the molecule is C=CC(O)C(N)(C(O)C=C)C(O)C=C. The summed E-state index contributed by atoms with van der Waals surface area (Å²) in [6, 6.07) is 0. The zero-order chi connectivity index (χ0) is 11.4. The van der Waals surface area contributed by atoms with Gasteiger partial charge in [0.2, 0.25) is 0 Å². The summed E-state index contributed by atoms with van der Waals surface area (Å²) in [6.07, 6.45) is -0.367. The quantitative estimate of drug-likeness (QED) is 0.427. The maximum atomic E-state index is 9.52. The molecule has 4 heteroatoms. The number of nitrogens with two attached hydrogens (primary N) is 1. The van der Waals surface area contributed by atoms with E-state index in [9.17, 15) is 15.3 Å². The maximum Gasteiger partial charge on any atom is 0.105 e. The molecule has 0 bridgehead atoms. The molecule has 0 aliphatic heterocycles. The minimum Gasteiger partial charge on any atom is -0.387 e. The van der Waals surface area contributed by atoms with Crippen LogP contribution in [0.25, 0.3) is 0 Å². The molecule has 80 valence electrons. The number of aliphatic hydroxyl groups excluding tert-OH is 3. The van der Waals surface area contributed by atoms with E-state index >= 15 is 0 Å².